The number of benzene rings is 2. The number of fused-ring (bicyclic) bond motifs is 1. The topological polar surface area (TPSA) is 77.6 Å². The number of aromatic nitrogens is 1. The Bertz CT molecular complexity index is 1010. The summed E-state index contributed by atoms with van der Waals surface area (Å²) in [5.74, 6) is 0.0547. The number of aryl methyl sites for hydroxylation is 1. The Morgan fingerprint density at radius 1 is 1.12 bits per heavy atom. The molecule has 0 radical (unpaired) electrons. The molecule has 0 bridgehead atoms. The van der Waals surface area contributed by atoms with Crippen LogP contribution in [0.1, 0.15) is 10.4 Å². The highest BCUT2D eigenvalue weighted by atomic mass is 16.5. The summed E-state index contributed by atoms with van der Waals surface area (Å²) in [5, 5.41) is 0.553. The number of nitrogens with two attached hydrogens (primary N) is 1. The molecule has 6 heteroatoms. The Balaban J connectivity index is 2.26. The molecule has 128 valence electrons. The van der Waals surface area contributed by atoms with Crippen LogP contribution in [0.2, 0.25) is 0 Å². The number of carbonyl (C=O) groups excluding carboxylic acids is 1. The van der Waals surface area contributed by atoms with Crippen LogP contribution >= 0.6 is 0 Å². The molecule has 0 spiro atoms. The largest absolute Gasteiger partial charge is 0.496 e. The molecule has 6 nitrogen and oxygen atoms in total. The summed E-state index contributed by atoms with van der Waals surface area (Å²) in [7, 11) is 4.75. The highest BCUT2D eigenvalue weighted by Crippen LogP contribution is 2.31. The minimum atomic E-state index is -0.461. The summed E-state index contributed by atoms with van der Waals surface area (Å²) < 4.78 is 6.78. The first-order valence-electron chi connectivity index (χ1n) is 7.75. The first kappa shape index (κ1) is 16.6. The van der Waals surface area contributed by atoms with E-state index in [1.807, 2.05) is 18.2 Å². The molecule has 25 heavy (non-hydrogen) atoms. The molecular formula is C19H19N3O3. The summed E-state index contributed by atoms with van der Waals surface area (Å²) in [6, 6.07) is 14.4. The number of ether oxygens (including phenoxy) is 1. The second kappa shape index (κ2) is 6.32. The number of hydrogen-bond donors (Lipinski definition) is 1. The molecule has 1 aromatic heterocycles. The Labute approximate surface area is 145 Å². The monoisotopic (exact) mass is 337 g/mol. The van der Waals surface area contributed by atoms with Crippen molar-refractivity contribution >= 4 is 28.2 Å². The average molecular weight is 337 g/mol. The SMILES string of the molecule is COc1cccc2c1c(N)c(C(=O)N(C)c1ccccc1)c(=O)n2C. The number of para-hydroxylation sites is 1. The van der Waals surface area contributed by atoms with Crippen LogP contribution in [0, 0.1) is 0 Å². The lowest BCUT2D eigenvalue weighted by Crippen LogP contribution is -2.35. The Morgan fingerprint density at radius 3 is 2.44 bits per heavy atom. The van der Waals surface area contributed by atoms with E-state index >= 15 is 0 Å². The van der Waals surface area contributed by atoms with Gasteiger partial charge in [0.2, 0.25) is 0 Å². The van der Waals surface area contributed by atoms with Crippen LogP contribution in [0.15, 0.2) is 53.3 Å². The molecule has 3 rings (SSSR count). The van der Waals surface area contributed by atoms with Crippen molar-refractivity contribution in [3.05, 3.63) is 64.4 Å². The summed E-state index contributed by atoms with van der Waals surface area (Å²) in [6.07, 6.45) is 0. The van der Waals surface area contributed by atoms with E-state index in [0.717, 1.165) is 0 Å². The van der Waals surface area contributed by atoms with Crippen molar-refractivity contribution in [3.8, 4) is 5.75 Å². The molecule has 0 saturated carbocycles. The van der Waals surface area contributed by atoms with E-state index in [1.165, 1.54) is 16.6 Å². The van der Waals surface area contributed by atoms with Crippen molar-refractivity contribution in [2.45, 2.75) is 0 Å². The number of methoxy groups -OCH3 is 1. The first-order chi connectivity index (χ1) is 12.0. The van der Waals surface area contributed by atoms with Crippen molar-refractivity contribution in [1.29, 1.82) is 0 Å². The molecule has 1 heterocycles. The van der Waals surface area contributed by atoms with Gasteiger partial charge >= 0.3 is 0 Å². The van der Waals surface area contributed by atoms with Gasteiger partial charge in [-0.1, -0.05) is 24.3 Å². The van der Waals surface area contributed by atoms with Crippen molar-refractivity contribution in [1.82, 2.24) is 4.57 Å². The molecule has 0 atom stereocenters. The number of rotatable bonds is 3. The van der Waals surface area contributed by atoms with Gasteiger partial charge in [-0.3, -0.25) is 9.59 Å². The van der Waals surface area contributed by atoms with Gasteiger partial charge in [0.05, 0.1) is 23.7 Å². The lowest BCUT2D eigenvalue weighted by Gasteiger charge is -2.20. The van der Waals surface area contributed by atoms with Gasteiger partial charge in [0.25, 0.3) is 11.5 Å². The predicted molar refractivity (Wildman–Crippen MR) is 99.3 cm³/mol. The maximum atomic E-state index is 13.0. The molecule has 1 amide bonds. The molecule has 0 aliphatic carbocycles. The fourth-order valence-corrected chi connectivity index (χ4v) is 2.90. The number of amides is 1. The Morgan fingerprint density at radius 2 is 1.80 bits per heavy atom. The van der Waals surface area contributed by atoms with E-state index in [0.29, 0.717) is 22.3 Å². The molecule has 2 aromatic carbocycles. The number of carbonyl (C=O) groups is 1. The van der Waals surface area contributed by atoms with E-state index in [9.17, 15) is 9.59 Å². The van der Waals surface area contributed by atoms with Crippen LogP contribution in [0.4, 0.5) is 11.4 Å². The Kier molecular flexibility index (Phi) is 4.19. The number of nitrogens with zero attached hydrogens (tertiary/aromatic N) is 2. The van der Waals surface area contributed by atoms with Crippen LogP contribution in [-0.2, 0) is 7.05 Å². The maximum Gasteiger partial charge on any atom is 0.265 e. The van der Waals surface area contributed by atoms with Gasteiger partial charge in [-0.05, 0) is 24.3 Å². The molecule has 0 fully saturated rings. The highest BCUT2D eigenvalue weighted by Gasteiger charge is 2.24. The summed E-state index contributed by atoms with van der Waals surface area (Å²) in [6.45, 7) is 0. The predicted octanol–water partition coefficient (Wildman–Crippen LogP) is 2.41. The van der Waals surface area contributed by atoms with Crippen molar-refractivity contribution in [2.75, 3.05) is 24.8 Å². The molecule has 0 saturated heterocycles. The summed E-state index contributed by atoms with van der Waals surface area (Å²) >= 11 is 0. The number of pyridine rings is 1. The molecule has 0 unspecified atom stereocenters. The van der Waals surface area contributed by atoms with Crippen molar-refractivity contribution in [2.24, 2.45) is 7.05 Å². The fourth-order valence-electron chi connectivity index (χ4n) is 2.90. The van der Waals surface area contributed by atoms with Gasteiger partial charge in [-0.15, -0.1) is 0 Å². The molecule has 2 N–H and O–H groups in total. The zero-order valence-corrected chi connectivity index (χ0v) is 14.3. The number of nitrogen functional groups attached to an aromatic ring is 1. The zero-order valence-electron chi connectivity index (χ0n) is 14.3. The number of hydrogen-bond acceptors (Lipinski definition) is 4. The minimum Gasteiger partial charge on any atom is -0.496 e. The van der Waals surface area contributed by atoms with Gasteiger partial charge in [0.15, 0.2) is 0 Å². The maximum absolute atomic E-state index is 13.0. The van der Waals surface area contributed by atoms with Gasteiger partial charge in [0, 0.05) is 19.8 Å². The first-order valence-corrected chi connectivity index (χ1v) is 7.75. The van der Waals surface area contributed by atoms with Gasteiger partial charge < -0.3 is 19.9 Å². The standard InChI is InChI=1S/C19H19N3O3/c1-21(12-8-5-4-6-9-12)18(23)16-17(20)15-13(22(2)19(16)24)10-7-11-14(15)25-3/h4-11H,20H2,1-3H3. The van der Waals surface area contributed by atoms with Crippen LogP contribution in [0.25, 0.3) is 10.9 Å². The van der Waals surface area contributed by atoms with Gasteiger partial charge in [0.1, 0.15) is 11.3 Å². The quantitative estimate of drug-likeness (QED) is 0.796. The van der Waals surface area contributed by atoms with Crippen LogP contribution in [-0.4, -0.2) is 24.6 Å². The lowest BCUT2D eigenvalue weighted by molar-refractivity contribution is 0.0992. The van der Waals surface area contributed by atoms with Crippen molar-refractivity contribution < 1.29 is 9.53 Å². The van der Waals surface area contributed by atoms with Crippen LogP contribution in [0.5, 0.6) is 5.75 Å². The third-order valence-electron chi connectivity index (χ3n) is 4.30. The fraction of sp³-hybridized carbons (Fsp3) is 0.158. The van der Waals surface area contributed by atoms with E-state index in [4.69, 9.17) is 10.5 Å². The summed E-state index contributed by atoms with van der Waals surface area (Å²) in [4.78, 5) is 27.2. The highest BCUT2D eigenvalue weighted by molar-refractivity contribution is 6.13. The third kappa shape index (κ3) is 2.61. The number of anilines is 2. The zero-order chi connectivity index (χ0) is 18.1. The van der Waals surface area contributed by atoms with Crippen LogP contribution in [0.3, 0.4) is 0 Å². The minimum absolute atomic E-state index is 0.0640. The smallest absolute Gasteiger partial charge is 0.265 e. The molecule has 0 aliphatic rings. The third-order valence-corrected chi connectivity index (χ3v) is 4.30. The second-order valence-electron chi connectivity index (χ2n) is 5.71. The van der Waals surface area contributed by atoms with E-state index < -0.39 is 11.5 Å². The average Bonchev–Trinajstić information content (AvgIpc) is 2.65. The normalized spacial score (nSPS) is 10.7. The Hall–Kier alpha value is -3.28. The van der Waals surface area contributed by atoms with E-state index in [1.54, 1.807) is 44.4 Å². The van der Waals surface area contributed by atoms with Gasteiger partial charge in [-0.2, -0.15) is 0 Å². The van der Waals surface area contributed by atoms with E-state index in [-0.39, 0.29) is 11.3 Å². The van der Waals surface area contributed by atoms with Gasteiger partial charge in [-0.25, -0.2) is 0 Å². The lowest BCUT2D eigenvalue weighted by atomic mass is 10.1. The molecular weight excluding hydrogens is 318 g/mol. The van der Waals surface area contributed by atoms with Crippen molar-refractivity contribution in [3.63, 3.8) is 0 Å². The van der Waals surface area contributed by atoms with Crippen LogP contribution < -0.4 is 20.9 Å². The van der Waals surface area contributed by atoms with E-state index in [2.05, 4.69) is 0 Å². The summed E-state index contributed by atoms with van der Waals surface area (Å²) in [5.41, 5.74) is 7.15. The molecule has 0 aliphatic heterocycles. The second-order valence-corrected chi connectivity index (χ2v) is 5.71. The molecule has 3 aromatic rings.